The third-order valence-corrected chi connectivity index (χ3v) is 3.27. The molecule has 0 aliphatic carbocycles. The van der Waals surface area contributed by atoms with Crippen molar-refractivity contribution in [3.8, 4) is 0 Å². The van der Waals surface area contributed by atoms with Crippen molar-refractivity contribution in [2.45, 2.75) is 6.42 Å². The molecular formula is C18H15N3O. The summed E-state index contributed by atoms with van der Waals surface area (Å²) in [6.45, 7) is 0. The molecule has 0 radical (unpaired) electrons. The molecule has 0 atom stereocenters. The number of hydrogen-bond donors (Lipinski definition) is 1. The topological polar surface area (TPSA) is 54.9 Å². The predicted octanol–water partition coefficient (Wildman–Crippen LogP) is 3.32. The van der Waals surface area contributed by atoms with Crippen LogP contribution in [0, 0.1) is 0 Å². The summed E-state index contributed by atoms with van der Waals surface area (Å²) in [4.78, 5) is 20.0. The Labute approximate surface area is 128 Å². The van der Waals surface area contributed by atoms with Crippen molar-refractivity contribution in [2.24, 2.45) is 0 Å². The minimum absolute atomic E-state index is 0.206. The van der Waals surface area contributed by atoms with Crippen LogP contribution in [0.2, 0.25) is 0 Å². The second-order valence-corrected chi connectivity index (χ2v) is 4.90. The van der Waals surface area contributed by atoms with E-state index in [1.165, 1.54) is 11.1 Å². The van der Waals surface area contributed by atoms with Gasteiger partial charge in [-0.2, -0.15) is 0 Å². The van der Waals surface area contributed by atoms with Gasteiger partial charge in [0.25, 0.3) is 5.91 Å². The first-order valence-electron chi connectivity index (χ1n) is 7.01. The van der Waals surface area contributed by atoms with Crippen LogP contribution in [0.3, 0.4) is 0 Å². The van der Waals surface area contributed by atoms with Gasteiger partial charge >= 0.3 is 0 Å². The third-order valence-electron chi connectivity index (χ3n) is 3.27. The fourth-order valence-electron chi connectivity index (χ4n) is 2.13. The molecule has 1 N–H and O–H groups in total. The van der Waals surface area contributed by atoms with Gasteiger partial charge in [0.2, 0.25) is 0 Å². The van der Waals surface area contributed by atoms with Gasteiger partial charge in [0.15, 0.2) is 0 Å². The molecule has 4 nitrogen and oxygen atoms in total. The van der Waals surface area contributed by atoms with E-state index in [-0.39, 0.29) is 5.91 Å². The largest absolute Gasteiger partial charge is 0.321 e. The summed E-state index contributed by atoms with van der Waals surface area (Å²) >= 11 is 0. The lowest BCUT2D eigenvalue weighted by Gasteiger charge is -2.06. The number of carbonyl (C=O) groups excluding carboxylic acids is 1. The van der Waals surface area contributed by atoms with Gasteiger partial charge in [0.1, 0.15) is 5.69 Å². The van der Waals surface area contributed by atoms with Crippen molar-refractivity contribution in [2.75, 3.05) is 5.32 Å². The monoisotopic (exact) mass is 289 g/mol. The minimum atomic E-state index is -0.206. The molecule has 1 aromatic carbocycles. The average Bonchev–Trinajstić information content (AvgIpc) is 2.58. The molecule has 3 aromatic rings. The quantitative estimate of drug-likeness (QED) is 0.801. The van der Waals surface area contributed by atoms with Crippen molar-refractivity contribution >= 4 is 11.6 Å². The first-order valence-corrected chi connectivity index (χ1v) is 7.01. The zero-order valence-electron chi connectivity index (χ0n) is 11.9. The minimum Gasteiger partial charge on any atom is -0.321 e. The second kappa shape index (κ2) is 6.63. The summed E-state index contributed by atoms with van der Waals surface area (Å²) in [5.41, 5.74) is 3.56. The normalized spacial score (nSPS) is 10.2. The molecule has 0 saturated heterocycles. The fourth-order valence-corrected chi connectivity index (χ4v) is 2.13. The number of benzene rings is 1. The molecule has 4 heteroatoms. The molecule has 2 heterocycles. The molecule has 0 aliphatic heterocycles. The van der Waals surface area contributed by atoms with Crippen LogP contribution in [0.4, 0.5) is 5.69 Å². The number of anilines is 1. The number of pyridine rings is 2. The molecule has 22 heavy (non-hydrogen) atoms. The molecule has 2 aromatic heterocycles. The Morgan fingerprint density at radius 1 is 0.864 bits per heavy atom. The Hall–Kier alpha value is -3.01. The van der Waals surface area contributed by atoms with Gasteiger partial charge in [-0.3, -0.25) is 14.8 Å². The van der Waals surface area contributed by atoms with Crippen LogP contribution in [0.1, 0.15) is 21.6 Å². The van der Waals surface area contributed by atoms with Gasteiger partial charge in [0, 0.05) is 24.3 Å². The molecular weight excluding hydrogens is 274 g/mol. The Bertz CT molecular complexity index is 740. The molecule has 3 rings (SSSR count). The lowest BCUT2D eigenvalue weighted by atomic mass is 10.1. The summed E-state index contributed by atoms with van der Waals surface area (Å²) < 4.78 is 0. The number of amides is 1. The van der Waals surface area contributed by atoms with Crippen LogP contribution in [-0.4, -0.2) is 15.9 Å². The number of nitrogens with one attached hydrogen (secondary N) is 1. The molecule has 0 spiro atoms. The highest BCUT2D eigenvalue weighted by Gasteiger charge is 2.06. The van der Waals surface area contributed by atoms with E-state index < -0.39 is 0 Å². The maximum absolute atomic E-state index is 12.0. The highest BCUT2D eigenvalue weighted by Crippen LogP contribution is 2.14. The van der Waals surface area contributed by atoms with E-state index in [2.05, 4.69) is 15.3 Å². The van der Waals surface area contributed by atoms with Crippen LogP contribution < -0.4 is 5.32 Å². The standard InChI is InChI=1S/C18H15N3O/c22-18(17-3-1-2-10-20-17)21-16-6-4-14(5-7-16)13-15-8-11-19-12-9-15/h1-12H,13H2,(H,21,22). The Balaban J connectivity index is 1.66. The van der Waals surface area contributed by atoms with Crippen LogP contribution in [-0.2, 0) is 6.42 Å². The van der Waals surface area contributed by atoms with E-state index in [1.807, 2.05) is 36.4 Å². The first-order chi connectivity index (χ1) is 10.8. The number of hydrogen-bond acceptors (Lipinski definition) is 3. The van der Waals surface area contributed by atoms with Gasteiger partial charge < -0.3 is 5.32 Å². The highest BCUT2D eigenvalue weighted by molar-refractivity contribution is 6.02. The number of carbonyl (C=O) groups is 1. The predicted molar refractivity (Wildman–Crippen MR) is 85.7 cm³/mol. The molecule has 0 unspecified atom stereocenters. The van der Waals surface area contributed by atoms with Gasteiger partial charge in [0.05, 0.1) is 0 Å². The smallest absolute Gasteiger partial charge is 0.274 e. The van der Waals surface area contributed by atoms with E-state index in [0.717, 1.165) is 12.1 Å². The molecule has 0 aliphatic rings. The Morgan fingerprint density at radius 2 is 1.59 bits per heavy atom. The van der Waals surface area contributed by atoms with Crippen molar-refractivity contribution < 1.29 is 4.79 Å². The van der Waals surface area contributed by atoms with Crippen LogP contribution in [0.15, 0.2) is 73.2 Å². The summed E-state index contributed by atoms with van der Waals surface area (Å²) in [5.74, 6) is -0.206. The average molecular weight is 289 g/mol. The molecule has 1 amide bonds. The van der Waals surface area contributed by atoms with Gasteiger partial charge in [-0.05, 0) is 53.9 Å². The van der Waals surface area contributed by atoms with Gasteiger partial charge in [-0.1, -0.05) is 18.2 Å². The molecule has 0 fully saturated rings. The van der Waals surface area contributed by atoms with Gasteiger partial charge in [-0.25, -0.2) is 0 Å². The van der Waals surface area contributed by atoms with Gasteiger partial charge in [-0.15, -0.1) is 0 Å². The summed E-state index contributed by atoms with van der Waals surface area (Å²) in [6, 6.07) is 17.1. The molecule has 0 bridgehead atoms. The van der Waals surface area contributed by atoms with Crippen LogP contribution in [0.25, 0.3) is 0 Å². The van der Waals surface area contributed by atoms with Crippen LogP contribution in [0.5, 0.6) is 0 Å². The number of rotatable bonds is 4. The lowest BCUT2D eigenvalue weighted by Crippen LogP contribution is -2.13. The van der Waals surface area contributed by atoms with E-state index in [1.54, 1.807) is 36.8 Å². The SMILES string of the molecule is O=C(Nc1ccc(Cc2ccncc2)cc1)c1ccccn1. The van der Waals surface area contributed by atoms with Crippen molar-refractivity contribution in [3.05, 3.63) is 90.0 Å². The fraction of sp³-hybridized carbons (Fsp3) is 0.0556. The Kier molecular flexibility index (Phi) is 4.20. The Morgan fingerprint density at radius 3 is 2.27 bits per heavy atom. The lowest BCUT2D eigenvalue weighted by molar-refractivity contribution is 0.102. The van der Waals surface area contributed by atoms with E-state index in [4.69, 9.17) is 0 Å². The van der Waals surface area contributed by atoms with E-state index in [9.17, 15) is 4.79 Å². The van der Waals surface area contributed by atoms with Crippen molar-refractivity contribution in [1.82, 2.24) is 9.97 Å². The van der Waals surface area contributed by atoms with Crippen LogP contribution >= 0.6 is 0 Å². The summed E-state index contributed by atoms with van der Waals surface area (Å²) in [5, 5.41) is 2.84. The number of nitrogens with zero attached hydrogens (tertiary/aromatic N) is 2. The summed E-state index contributed by atoms with van der Waals surface area (Å²) in [7, 11) is 0. The zero-order chi connectivity index (χ0) is 15.2. The molecule has 0 saturated carbocycles. The maximum atomic E-state index is 12.0. The highest BCUT2D eigenvalue weighted by atomic mass is 16.1. The molecule has 108 valence electrons. The maximum Gasteiger partial charge on any atom is 0.274 e. The van der Waals surface area contributed by atoms with Crippen molar-refractivity contribution in [3.63, 3.8) is 0 Å². The number of aromatic nitrogens is 2. The third kappa shape index (κ3) is 3.55. The second-order valence-electron chi connectivity index (χ2n) is 4.90. The van der Waals surface area contributed by atoms with Crippen molar-refractivity contribution in [1.29, 1.82) is 0 Å². The first kappa shape index (κ1) is 13.9. The zero-order valence-corrected chi connectivity index (χ0v) is 11.9. The van der Waals surface area contributed by atoms with E-state index in [0.29, 0.717) is 5.69 Å². The summed E-state index contributed by atoms with van der Waals surface area (Å²) in [6.07, 6.45) is 6.03. The van der Waals surface area contributed by atoms with E-state index >= 15 is 0 Å².